The molecule has 0 aliphatic carbocycles. The number of rotatable bonds is 0. The average molecular weight is 123 g/mol. The van der Waals surface area contributed by atoms with Crippen LogP contribution >= 0.6 is 0 Å². The van der Waals surface area contributed by atoms with Gasteiger partial charge in [-0.05, 0) is 19.9 Å². The van der Waals surface area contributed by atoms with Crippen molar-refractivity contribution in [2.45, 2.75) is 20.0 Å². The van der Waals surface area contributed by atoms with Gasteiger partial charge in [-0.2, -0.15) is 13.2 Å². The highest BCUT2D eigenvalue weighted by Crippen LogP contribution is 2.23. The first kappa shape index (κ1) is 7.53. The molecule has 0 unspecified atom stereocenters. The molecule has 0 nitrogen and oxygen atoms in total. The molecule has 8 heavy (non-hydrogen) atoms. The molecule has 3 heteroatoms. The summed E-state index contributed by atoms with van der Waals surface area (Å²) in [6.07, 6.45) is -2.19. The van der Waals surface area contributed by atoms with Gasteiger partial charge in [0.1, 0.15) is 0 Å². The van der Waals surface area contributed by atoms with Crippen LogP contribution in [-0.4, -0.2) is 6.18 Å². The lowest BCUT2D eigenvalue weighted by Crippen LogP contribution is -2.08. The highest BCUT2D eigenvalue weighted by Gasteiger charge is 2.28. The van der Waals surface area contributed by atoms with Gasteiger partial charge in [0.15, 0.2) is 0 Å². The van der Waals surface area contributed by atoms with Crippen LogP contribution in [0.2, 0.25) is 0 Å². The van der Waals surface area contributed by atoms with Gasteiger partial charge >= 0.3 is 6.18 Å². The molecule has 0 aliphatic heterocycles. The fraction of sp³-hybridized carbons (Fsp3) is 0.600. The summed E-state index contributed by atoms with van der Waals surface area (Å²) < 4.78 is 34.0. The van der Waals surface area contributed by atoms with Crippen molar-refractivity contribution in [3.63, 3.8) is 0 Å². The summed E-state index contributed by atoms with van der Waals surface area (Å²) in [4.78, 5) is 0. The van der Waals surface area contributed by atoms with E-state index >= 15 is 0 Å². The quantitative estimate of drug-likeness (QED) is 0.463. The molecule has 0 atom stereocenters. The van der Waals surface area contributed by atoms with Crippen molar-refractivity contribution in [2.24, 2.45) is 0 Å². The summed E-state index contributed by atoms with van der Waals surface area (Å²) >= 11 is 0. The average Bonchev–Trinajstić information content (AvgIpc) is 1.62. The van der Waals surface area contributed by atoms with E-state index in [1.807, 2.05) is 6.08 Å². The van der Waals surface area contributed by atoms with E-state index in [9.17, 15) is 13.2 Å². The number of alkyl halides is 3. The van der Waals surface area contributed by atoms with E-state index in [0.717, 1.165) is 6.92 Å². The van der Waals surface area contributed by atoms with E-state index in [2.05, 4.69) is 0 Å². The third kappa shape index (κ3) is 2.00. The second-order valence-corrected chi connectivity index (χ2v) is 1.37. The van der Waals surface area contributed by atoms with Crippen molar-refractivity contribution in [3.8, 4) is 0 Å². The van der Waals surface area contributed by atoms with E-state index in [-0.39, 0.29) is 0 Å². The molecule has 0 saturated carbocycles. The molecular formula is C5H6F3. The number of hydrogen-bond acceptors (Lipinski definition) is 0. The third-order valence-electron chi connectivity index (χ3n) is 0.800. The van der Waals surface area contributed by atoms with Gasteiger partial charge in [-0.25, -0.2) is 0 Å². The van der Waals surface area contributed by atoms with Crippen LogP contribution in [0.4, 0.5) is 13.2 Å². The summed E-state index contributed by atoms with van der Waals surface area (Å²) in [6, 6.07) is 0. The van der Waals surface area contributed by atoms with Gasteiger partial charge in [-0.1, -0.05) is 0 Å². The third-order valence-corrected chi connectivity index (χ3v) is 0.800. The molecule has 0 aromatic heterocycles. The van der Waals surface area contributed by atoms with Crippen molar-refractivity contribution < 1.29 is 13.2 Å². The Kier molecular flexibility index (Phi) is 2.07. The molecule has 0 spiro atoms. The van der Waals surface area contributed by atoms with E-state index in [0.29, 0.717) is 0 Å². The van der Waals surface area contributed by atoms with E-state index in [1.54, 1.807) is 0 Å². The van der Waals surface area contributed by atoms with Crippen LogP contribution in [0.1, 0.15) is 13.8 Å². The lowest BCUT2D eigenvalue weighted by Gasteiger charge is -2.02. The van der Waals surface area contributed by atoms with E-state index in [4.69, 9.17) is 0 Å². The number of hydrogen-bond donors (Lipinski definition) is 0. The maximum absolute atomic E-state index is 11.3. The molecule has 0 rings (SSSR count). The number of halogens is 3. The Morgan fingerprint density at radius 2 is 1.75 bits per heavy atom. The molecule has 0 amide bonds. The van der Waals surface area contributed by atoms with Crippen LogP contribution in [0.5, 0.6) is 0 Å². The van der Waals surface area contributed by atoms with Gasteiger partial charge in [0.05, 0.1) is 0 Å². The zero-order valence-electron chi connectivity index (χ0n) is 4.63. The topological polar surface area (TPSA) is 0 Å². The fourth-order valence-electron chi connectivity index (χ4n) is 0.142. The predicted molar refractivity (Wildman–Crippen MR) is 24.2 cm³/mol. The van der Waals surface area contributed by atoms with Gasteiger partial charge < -0.3 is 0 Å². The zero-order chi connectivity index (χ0) is 6.78. The maximum atomic E-state index is 11.3. The molecule has 0 aromatic rings. The molecule has 0 heterocycles. The second kappa shape index (κ2) is 2.20. The zero-order valence-corrected chi connectivity index (χ0v) is 4.63. The summed E-state index contributed by atoms with van der Waals surface area (Å²) in [5, 5.41) is 0. The molecule has 0 aliphatic rings. The van der Waals surface area contributed by atoms with Crippen LogP contribution in [0, 0.1) is 6.08 Å². The first-order chi connectivity index (χ1) is 3.48. The Balaban J connectivity index is 4.03. The minimum absolute atomic E-state index is 0.669. The summed E-state index contributed by atoms with van der Waals surface area (Å²) in [7, 11) is 0. The smallest absolute Gasteiger partial charge is 0.166 e. The fourth-order valence-corrected chi connectivity index (χ4v) is 0.142. The van der Waals surface area contributed by atoms with Gasteiger partial charge in [-0.3, -0.25) is 0 Å². The Morgan fingerprint density at radius 1 is 1.38 bits per heavy atom. The highest BCUT2D eigenvalue weighted by molar-refractivity contribution is 4.98. The monoisotopic (exact) mass is 123 g/mol. The van der Waals surface area contributed by atoms with Crippen molar-refractivity contribution in [2.75, 3.05) is 0 Å². The summed E-state index contributed by atoms with van der Waals surface area (Å²) in [6.45, 7) is 2.23. The maximum Gasteiger partial charge on any atom is 0.412 e. The van der Waals surface area contributed by atoms with E-state index in [1.165, 1.54) is 6.92 Å². The lowest BCUT2D eigenvalue weighted by molar-refractivity contribution is -0.0919. The van der Waals surface area contributed by atoms with Gasteiger partial charge in [0.25, 0.3) is 0 Å². The van der Waals surface area contributed by atoms with Crippen molar-refractivity contribution >= 4 is 0 Å². The van der Waals surface area contributed by atoms with Crippen LogP contribution in [-0.2, 0) is 0 Å². The second-order valence-electron chi connectivity index (χ2n) is 1.37. The molecule has 0 aromatic carbocycles. The molecule has 0 N–H and O–H groups in total. The first-order valence-electron chi connectivity index (χ1n) is 2.07. The lowest BCUT2D eigenvalue weighted by atomic mass is 10.3. The van der Waals surface area contributed by atoms with Crippen LogP contribution in [0.3, 0.4) is 0 Å². The Morgan fingerprint density at radius 3 is 1.75 bits per heavy atom. The molecule has 47 valence electrons. The van der Waals surface area contributed by atoms with Crippen molar-refractivity contribution in [1.29, 1.82) is 0 Å². The first-order valence-corrected chi connectivity index (χ1v) is 2.07. The largest absolute Gasteiger partial charge is 0.412 e. The van der Waals surface area contributed by atoms with Gasteiger partial charge in [-0.15, -0.1) is 0 Å². The Labute approximate surface area is 46.0 Å². The Hall–Kier alpha value is -0.470. The highest BCUT2D eigenvalue weighted by atomic mass is 19.4. The van der Waals surface area contributed by atoms with Gasteiger partial charge in [0, 0.05) is 5.57 Å². The minimum Gasteiger partial charge on any atom is -0.166 e. The van der Waals surface area contributed by atoms with Crippen LogP contribution in [0.15, 0.2) is 5.57 Å². The SMILES string of the molecule is C/[C]=C(\C)C(F)(F)F. The summed E-state index contributed by atoms with van der Waals surface area (Å²) in [5.74, 6) is 0. The molecule has 1 radical (unpaired) electrons. The Bertz CT molecular complexity index is 98.7. The molecular weight excluding hydrogens is 117 g/mol. The normalized spacial score (nSPS) is 14.4. The number of allylic oxidation sites excluding steroid dienone is 2. The van der Waals surface area contributed by atoms with Crippen molar-refractivity contribution in [1.82, 2.24) is 0 Å². The van der Waals surface area contributed by atoms with Crippen molar-refractivity contribution in [3.05, 3.63) is 11.6 Å². The van der Waals surface area contributed by atoms with E-state index < -0.39 is 11.7 Å². The predicted octanol–water partition coefficient (Wildman–Crippen LogP) is 2.32. The minimum atomic E-state index is -4.19. The molecule has 0 bridgehead atoms. The molecule has 0 saturated heterocycles. The summed E-state index contributed by atoms with van der Waals surface area (Å²) in [5.41, 5.74) is -0.669. The molecule has 0 fully saturated rings. The van der Waals surface area contributed by atoms with Crippen LogP contribution in [0.25, 0.3) is 0 Å². The standard InChI is InChI=1S/C5H6F3/c1-3-4(2)5(6,7)8/h1-2H3. The van der Waals surface area contributed by atoms with Gasteiger partial charge in [0.2, 0.25) is 0 Å². The van der Waals surface area contributed by atoms with Crippen LogP contribution < -0.4 is 0 Å².